The number of furan rings is 1. The average Bonchev–Trinajstić information content (AvgIpc) is 3.70. The first kappa shape index (κ1) is 41.0. The summed E-state index contributed by atoms with van der Waals surface area (Å²) in [5.41, 5.74) is 14.4. The number of hydrogen-bond donors (Lipinski definition) is 0. The maximum atomic E-state index is 6.36. The molecule has 1 aliphatic carbocycles. The van der Waals surface area contributed by atoms with Gasteiger partial charge in [0.25, 0.3) is 0 Å². The monoisotopic (exact) mass is 972 g/mol. The molecule has 0 amide bonds. The number of aromatic nitrogens is 5. The standard InChI is InChI=1S/C25H25N4O.C22H30GeN.Ir/c1-13(2)17-9-10-19(23-21(17)18-8-7-15(5)27-25(18)30-23)24-28-20-11-12-26-16(6)22(20)29(24)14(3)4;1-16(2)13-18-14-22(24-15-21(18)23(3,4)5)20-12-8-10-17-9-6-7-11-19(17)20;/h7-9,11-14H,1-6H3;8,10,14-16H,6-7,9,11,13H2,1-5H3;/q2*-1;. The molecule has 6 nitrogen and oxygen atoms in total. The number of nitrogens with zero attached hydrogens (tertiary/aromatic N) is 5. The Balaban J connectivity index is 0.000000188. The number of hydrogen-bond acceptors (Lipinski definition) is 5. The van der Waals surface area contributed by atoms with Gasteiger partial charge in [-0.25, -0.2) is 4.98 Å². The van der Waals surface area contributed by atoms with Crippen molar-refractivity contribution in [2.75, 3.05) is 0 Å². The summed E-state index contributed by atoms with van der Waals surface area (Å²) in [7, 11) is 0. The predicted molar refractivity (Wildman–Crippen MR) is 227 cm³/mol. The molecule has 8 rings (SSSR count). The molecule has 7 aromatic rings. The van der Waals surface area contributed by atoms with Gasteiger partial charge in [0.1, 0.15) is 0 Å². The number of pyridine rings is 3. The molecule has 1 radical (unpaired) electrons. The third-order valence-electron chi connectivity index (χ3n) is 10.7. The van der Waals surface area contributed by atoms with Crippen LogP contribution in [0.1, 0.15) is 100.0 Å². The summed E-state index contributed by atoms with van der Waals surface area (Å²) < 4.78 is 10.2. The first-order valence-corrected chi connectivity index (χ1v) is 27.2. The topological polar surface area (TPSA) is 69.6 Å². The largest absolute Gasteiger partial charge is 0.486 e. The van der Waals surface area contributed by atoms with Crippen LogP contribution in [-0.4, -0.2) is 37.8 Å². The number of rotatable bonds is 7. The Labute approximate surface area is 343 Å². The molecule has 0 atom stereocenters. The van der Waals surface area contributed by atoms with E-state index < -0.39 is 13.3 Å². The van der Waals surface area contributed by atoms with Crippen LogP contribution < -0.4 is 4.40 Å². The Morgan fingerprint density at radius 2 is 1.65 bits per heavy atom. The van der Waals surface area contributed by atoms with Crippen LogP contribution in [0.15, 0.2) is 59.3 Å². The Morgan fingerprint density at radius 3 is 2.36 bits per heavy atom. The van der Waals surface area contributed by atoms with Crippen molar-refractivity contribution in [1.29, 1.82) is 0 Å². The molecular weight excluding hydrogens is 915 g/mol. The van der Waals surface area contributed by atoms with Crippen molar-refractivity contribution >= 4 is 50.8 Å². The zero-order valence-electron chi connectivity index (χ0n) is 34.4. The fourth-order valence-corrected chi connectivity index (χ4v) is 11.5. The first-order valence-electron chi connectivity index (χ1n) is 19.8. The maximum absolute atomic E-state index is 6.36. The van der Waals surface area contributed by atoms with E-state index in [4.69, 9.17) is 14.4 Å². The van der Waals surface area contributed by atoms with Crippen molar-refractivity contribution in [2.45, 2.75) is 117 Å². The molecule has 2 aromatic carbocycles. The third-order valence-corrected chi connectivity index (χ3v) is 15.1. The van der Waals surface area contributed by atoms with Crippen LogP contribution in [0, 0.1) is 31.9 Å². The Kier molecular flexibility index (Phi) is 12.3. The van der Waals surface area contributed by atoms with Crippen molar-refractivity contribution in [1.82, 2.24) is 24.5 Å². The van der Waals surface area contributed by atoms with Gasteiger partial charge in [0, 0.05) is 43.4 Å². The van der Waals surface area contributed by atoms with Gasteiger partial charge in [-0.3, -0.25) is 9.97 Å². The SMILES string of the molecule is CC(C)Cc1cc(-c2[c-]ccc3c2CCCC3)nc[c]1[Ge]([CH3])([CH3])[CH3].Cc1ccc2c(n1)oc1c(-c3nc4ccnc(C)c4n3C(C)C)[c-]cc(C(C)C)c12.[Ir]. The fraction of sp³-hybridized carbons (Fsp3) is 0.404. The molecule has 5 aromatic heterocycles. The van der Waals surface area contributed by atoms with Gasteiger partial charge in [-0.1, -0.05) is 30.7 Å². The smallest absolute Gasteiger partial charge is 0.216 e. The van der Waals surface area contributed by atoms with Gasteiger partial charge in [-0.15, -0.1) is 17.7 Å². The molecular formula is C47H55GeIrN5O-2. The second-order valence-electron chi connectivity index (χ2n) is 17.2. The minimum atomic E-state index is -1.90. The average molecular weight is 971 g/mol. The summed E-state index contributed by atoms with van der Waals surface area (Å²) in [6, 6.07) is 22.2. The van der Waals surface area contributed by atoms with Crippen molar-refractivity contribution in [3.05, 3.63) is 101 Å². The summed E-state index contributed by atoms with van der Waals surface area (Å²) in [6.07, 6.45) is 10.2. The van der Waals surface area contributed by atoms with Gasteiger partial charge in [-0.05, 0) is 45.9 Å². The van der Waals surface area contributed by atoms with Crippen molar-refractivity contribution in [2.24, 2.45) is 5.92 Å². The van der Waals surface area contributed by atoms with E-state index in [2.05, 4.69) is 122 Å². The molecule has 0 N–H and O–H groups in total. The molecule has 1 aliphatic rings. The molecule has 8 heteroatoms. The molecule has 0 fully saturated rings. The quantitative estimate of drug-likeness (QED) is 0.118. The zero-order valence-corrected chi connectivity index (χ0v) is 38.9. The van der Waals surface area contributed by atoms with Crippen LogP contribution in [0.5, 0.6) is 0 Å². The molecule has 5 heterocycles. The van der Waals surface area contributed by atoms with Gasteiger partial charge < -0.3 is 8.98 Å². The predicted octanol–water partition coefficient (Wildman–Crippen LogP) is 11.7. The van der Waals surface area contributed by atoms with Gasteiger partial charge >= 0.3 is 150 Å². The van der Waals surface area contributed by atoms with E-state index in [1.807, 2.05) is 32.2 Å². The van der Waals surface area contributed by atoms with Crippen LogP contribution in [0.4, 0.5) is 0 Å². The van der Waals surface area contributed by atoms with E-state index in [0.29, 0.717) is 17.5 Å². The van der Waals surface area contributed by atoms with Gasteiger partial charge in [0.05, 0.1) is 28.1 Å². The number of fused-ring (bicyclic) bond motifs is 5. The van der Waals surface area contributed by atoms with Crippen LogP contribution in [0.2, 0.25) is 17.3 Å². The third kappa shape index (κ3) is 8.13. The van der Waals surface area contributed by atoms with E-state index in [0.717, 1.165) is 62.3 Å². The Bertz CT molecular complexity index is 2490. The van der Waals surface area contributed by atoms with E-state index in [9.17, 15) is 0 Å². The van der Waals surface area contributed by atoms with Crippen LogP contribution in [0.3, 0.4) is 0 Å². The van der Waals surface area contributed by atoms with Crippen molar-refractivity contribution < 1.29 is 24.5 Å². The summed E-state index contributed by atoms with van der Waals surface area (Å²) in [4.78, 5) is 19.0. The number of aryl methyl sites for hydroxylation is 3. The number of benzene rings is 2. The summed E-state index contributed by atoms with van der Waals surface area (Å²) in [5.74, 6) is 9.28. The molecule has 0 spiro atoms. The normalized spacial score (nSPS) is 13.1. The summed E-state index contributed by atoms with van der Waals surface area (Å²) in [5, 5.41) is 2.15. The minimum absolute atomic E-state index is 0. The molecule has 55 heavy (non-hydrogen) atoms. The van der Waals surface area contributed by atoms with Crippen LogP contribution >= 0.6 is 0 Å². The fourth-order valence-electron chi connectivity index (χ4n) is 8.19. The van der Waals surface area contributed by atoms with E-state index in [1.165, 1.54) is 53.5 Å². The first-order chi connectivity index (χ1) is 25.7. The summed E-state index contributed by atoms with van der Waals surface area (Å²) in [6.45, 7) is 17.4. The molecule has 289 valence electrons. The second-order valence-corrected chi connectivity index (χ2v) is 27.8. The Hall–Kier alpha value is -3.65. The van der Waals surface area contributed by atoms with Crippen LogP contribution in [0.25, 0.3) is 55.7 Å². The molecule has 0 bridgehead atoms. The van der Waals surface area contributed by atoms with Crippen molar-refractivity contribution in [3.63, 3.8) is 0 Å². The maximum Gasteiger partial charge on any atom is 0.216 e. The van der Waals surface area contributed by atoms with Gasteiger partial charge in [0.15, 0.2) is 0 Å². The van der Waals surface area contributed by atoms with Gasteiger partial charge in [0.2, 0.25) is 5.71 Å². The van der Waals surface area contributed by atoms with Crippen LogP contribution in [-0.2, 0) is 39.4 Å². The minimum Gasteiger partial charge on any atom is -0.486 e. The van der Waals surface area contributed by atoms with Crippen molar-refractivity contribution in [3.8, 4) is 22.6 Å². The molecule has 0 saturated heterocycles. The molecule has 0 unspecified atom stereocenters. The van der Waals surface area contributed by atoms with Gasteiger partial charge in [-0.2, -0.15) is 0 Å². The summed E-state index contributed by atoms with van der Waals surface area (Å²) >= 11 is -1.90. The Morgan fingerprint density at radius 1 is 0.891 bits per heavy atom. The molecule has 0 aliphatic heterocycles. The zero-order chi connectivity index (χ0) is 38.5. The van der Waals surface area contributed by atoms with E-state index in [-0.39, 0.29) is 26.1 Å². The molecule has 0 saturated carbocycles. The van der Waals surface area contributed by atoms with E-state index in [1.54, 1.807) is 4.40 Å². The van der Waals surface area contributed by atoms with E-state index >= 15 is 0 Å². The number of imidazole rings is 1. The second kappa shape index (κ2) is 16.4.